The van der Waals surface area contributed by atoms with Crippen LogP contribution >= 0.6 is 0 Å². The number of rotatable bonds is 9. The summed E-state index contributed by atoms with van der Waals surface area (Å²) in [5.74, 6) is -0.878. The Morgan fingerprint density at radius 1 is 0.871 bits per heavy atom. The lowest BCUT2D eigenvalue weighted by Crippen LogP contribution is -2.35. The summed E-state index contributed by atoms with van der Waals surface area (Å²) in [4.78, 5) is 30.2. The van der Waals surface area contributed by atoms with Crippen LogP contribution in [0.15, 0.2) is 54.2 Å². The van der Waals surface area contributed by atoms with Gasteiger partial charge in [0.05, 0.1) is 5.57 Å². The van der Waals surface area contributed by atoms with Gasteiger partial charge < -0.3 is 4.90 Å². The Morgan fingerprint density at radius 3 is 2.35 bits per heavy atom. The number of nitrogens with zero attached hydrogens (tertiary/aromatic N) is 2. The van der Waals surface area contributed by atoms with Gasteiger partial charge in [0.2, 0.25) is 0 Å². The van der Waals surface area contributed by atoms with Crippen LogP contribution in [0.2, 0.25) is 0 Å². The zero-order valence-corrected chi connectivity index (χ0v) is 18.1. The highest BCUT2D eigenvalue weighted by Gasteiger charge is 2.42. The Kier molecular flexibility index (Phi) is 6.50. The summed E-state index contributed by atoms with van der Waals surface area (Å²) in [7, 11) is 0. The molecule has 0 saturated heterocycles. The minimum atomic E-state index is -0.363. The molecule has 0 radical (unpaired) electrons. The molecule has 162 valence electrons. The zero-order chi connectivity index (χ0) is 21.8. The number of amides is 2. The number of benzene rings is 2. The molecule has 0 spiro atoms. The lowest BCUT2D eigenvalue weighted by Gasteiger charge is -2.21. The average Bonchev–Trinajstić information content (AvgIpc) is 3.30. The first-order chi connectivity index (χ1) is 15.1. The second-order valence-corrected chi connectivity index (χ2v) is 8.29. The van der Waals surface area contributed by atoms with E-state index in [0.717, 1.165) is 31.4 Å². The predicted octanol–water partition coefficient (Wildman–Crippen LogP) is 5.33. The molecule has 0 unspecified atom stereocenters. The molecule has 0 aliphatic carbocycles. The highest BCUT2D eigenvalue weighted by atomic mass is 19.1. The number of hydrogen-bond acceptors (Lipinski definition) is 3. The fraction of sp³-hybridized carbons (Fsp3) is 0.385. The number of unbranched alkanes of at least 4 members (excludes halogenated alkanes) is 5. The third kappa shape index (κ3) is 4.27. The van der Waals surface area contributed by atoms with Crippen molar-refractivity contribution in [1.29, 1.82) is 0 Å². The van der Waals surface area contributed by atoms with E-state index in [-0.39, 0.29) is 17.6 Å². The van der Waals surface area contributed by atoms with Crippen LogP contribution in [0.1, 0.15) is 56.6 Å². The average molecular weight is 421 g/mol. The molecule has 4 nitrogen and oxygen atoms in total. The molecule has 0 fully saturated rings. The number of hydrogen-bond donors (Lipinski definition) is 0. The van der Waals surface area contributed by atoms with Crippen LogP contribution < -0.4 is 4.90 Å². The van der Waals surface area contributed by atoms with Gasteiger partial charge in [-0.05, 0) is 42.2 Å². The van der Waals surface area contributed by atoms with Gasteiger partial charge in [-0.2, -0.15) is 0 Å². The maximum absolute atomic E-state index is 13.5. The third-order valence-corrected chi connectivity index (χ3v) is 6.17. The zero-order valence-electron chi connectivity index (χ0n) is 18.1. The number of fused-ring (bicyclic) bond motifs is 1. The Hall–Kier alpha value is -2.95. The molecule has 0 atom stereocenters. The van der Waals surface area contributed by atoms with Crippen LogP contribution in [0.4, 0.5) is 10.1 Å². The molecule has 2 aromatic rings. The normalized spacial score (nSPS) is 15.9. The van der Waals surface area contributed by atoms with E-state index >= 15 is 0 Å². The molecular formula is C26H29FN2O2. The first kappa shape index (κ1) is 21.3. The lowest BCUT2D eigenvalue weighted by molar-refractivity contribution is -0.136. The summed E-state index contributed by atoms with van der Waals surface area (Å²) in [5, 5.41) is 0. The second-order valence-electron chi connectivity index (χ2n) is 8.29. The molecule has 0 saturated carbocycles. The summed E-state index contributed by atoms with van der Waals surface area (Å²) in [5.41, 5.74) is 3.53. The van der Waals surface area contributed by atoms with Crippen molar-refractivity contribution >= 4 is 23.1 Å². The molecule has 0 aromatic heterocycles. The smallest absolute Gasteiger partial charge is 0.278 e. The summed E-state index contributed by atoms with van der Waals surface area (Å²) in [6, 6.07) is 13.8. The Morgan fingerprint density at radius 2 is 1.58 bits per heavy atom. The van der Waals surface area contributed by atoms with E-state index in [1.54, 1.807) is 12.1 Å². The van der Waals surface area contributed by atoms with E-state index in [0.29, 0.717) is 29.9 Å². The van der Waals surface area contributed by atoms with Gasteiger partial charge in [0.15, 0.2) is 0 Å². The monoisotopic (exact) mass is 420 g/mol. The van der Waals surface area contributed by atoms with Crippen molar-refractivity contribution in [2.75, 3.05) is 18.0 Å². The second kappa shape index (κ2) is 9.46. The van der Waals surface area contributed by atoms with Gasteiger partial charge in [0.25, 0.3) is 11.8 Å². The molecule has 2 aliphatic heterocycles. The molecule has 5 heteroatoms. The van der Waals surface area contributed by atoms with E-state index < -0.39 is 0 Å². The molecule has 0 N–H and O–H groups in total. The number of halogens is 1. The van der Waals surface area contributed by atoms with Crippen molar-refractivity contribution in [3.05, 3.63) is 71.2 Å². The van der Waals surface area contributed by atoms with E-state index in [9.17, 15) is 14.0 Å². The molecule has 2 aromatic carbocycles. The molecule has 0 bridgehead atoms. The van der Waals surface area contributed by atoms with Crippen molar-refractivity contribution in [3.63, 3.8) is 0 Å². The third-order valence-electron chi connectivity index (χ3n) is 6.17. The molecular weight excluding hydrogens is 391 g/mol. The summed E-state index contributed by atoms with van der Waals surface area (Å²) < 4.78 is 13.5. The lowest BCUT2D eigenvalue weighted by atomic mass is 10.0. The van der Waals surface area contributed by atoms with Crippen molar-refractivity contribution in [1.82, 2.24) is 4.90 Å². The maximum Gasteiger partial charge on any atom is 0.278 e. The van der Waals surface area contributed by atoms with Gasteiger partial charge >= 0.3 is 0 Å². The number of anilines is 1. The van der Waals surface area contributed by atoms with Crippen molar-refractivity contribution < 1.29 is 14.0 Å². The van der Waals surface area contributed by atoms with Crippen LogP contribution in [0.5, 0.6) is 0 Å². The highest BCUT2D eigenvalue weighted by molar-refractivity contribution is 6.36. The largest absolute Gasteiger partial charge is 0.336 e. The van der Waals surface area contributed by atoms with Gasteiger partial charge in [-0.25, -0.2) is 4.39 Å². The van der Waals surface area contributed by atoms with Gasteiger partial charge in [-0.1, -0.05) is 69.4 Å². The maximum atomic E-state index is 13.5. The molecule has 4 rings (SSSR count). The fourth-order valence-electron chi connectivity index (χ4n) is 4.51. The highest BCUT2D eigenvalue weighted by Crippen LogP contribution is 2.38. The van der Waals surface area contributed by atoms with Crippen molar-refractivity contribution in [2.45, 2.75) is 51.9 Å². The fourth-order valence-corrected chi connectivity index (χ4v) is 4.51. The number of carbonyl (C=O) groups excluding carboxylic acids is 2. The summed E-state index contributed by atoms with van der Waals surface area (Å²) in [6.07, 6.45) is 7.36. The quantitative estimate of drug-likeness (QED) is 0.407. The number of imide groups is 1. The summed E-state index contributed by atoms with van der Waals surface area (Å²) in [6.45, 7) is 3.26. The van der Waals surface area contributed by atoms with Crippen molar-refractivity contribution in [2.24, 2.45) is 0 Å². The van der Waals surface area contributed by atoms with E-state index in [2.05, 4.69) is 13.0 Å². The first-order valence-corrected chi connectivity index (χ1v) is 11.3. The number of carbonyl (C=O) groups is 2. The topological polar surface area (TPSA) is 40.6 Å². The van der Waals surface area contributed by atoms with Gasteiger partial charge in [0.1, 0.15) is 11.5 Å². The van der Waals surface area contributed by atoms with E-state index in [4.69, 9.17) is 0 Å². The van der Waals surface area contributed by atoms with E-state index in [1.807, 2.05) is 23.1 Å². The van der Waals surface area contributed by atoms with Crippen LogP contribution in [0.25, 0.3) is 5.57 Å². The Labute approximate surface area is 183 Å². The van der Waals surface area contributed by atoms with Gasteiger partial charge in [-0.3, -0.25) is 14.5 Å². The molecule has 2 amide bonds. The molecule has 31 heavy (non-hydrogen) atoms. The SMILES string of the molecule is CCCCCCCCN1C(=O)C(c2ccc(F)cc2)=C(N2CCc3ccccc32)C1=O. The van der Waals surface area contributed by atoms with Gasteiger partial charge in [-0.15, -0.1) is 0 Å². The Bertz CT molecular complexity index is 997. The van der Waals surface area contributed by atoms with Crippen LogP contribution in [-0.2, 0) is 16.0 Å². The first-order valence-electron chi connectivity index (χ1n) is 11.3. The van der Waals surface area contributed by atoms with Gasteiger partial charge in [0, 0.05) is 18.8 Å². The van der Waals surface area contributed by atoms with E-state index in [1.165, 1.54) is 41.9 Å². The van der Waals surface area contributed by atoms with Crippen LogP contribution in [-0.4, -0.2) is 29.8 Å². The van der Waals surface area contributed by atoms with Crippen molar-refractivity contribution in [3.8, 4) is 0 Å². The standard InChI is InChI=1S/C26H29FN2O2/c1-2-3-4-5-6-9-17-29-25(30)23(20-12-14-21(27)15-13-20)24(26(29)31)28-18-16-19-10-7-8-11-22(19)28/h7-8,10-15H,2-6,9,16-18H2,1H3. The summed E-state index contributed by atoms with van der Waals surface area (Å²) >= 11 is 0. The Balaban J connectivity index is 1.62. The minimum absolute atomic E-state index is 0.241. The minimum Gasteiger partial charge on any atom is -0.336 e. The molecule has 2 aliphatic rings. The number of para-hydroxylation sites is 1. The predicted molar refractivity (Wildman–Crippen MR) is 121 cm³/mol. The van der Waals surface area contributed by atoms with Crippen LogP contribution in [0.3, 0.4) is 0 Å². The molecule has 2 heterocycles. The van der Waals surface area contributed by atoms with Crippen LogP contribution in [0, 0.1) is 5.82 Å².